The lowest BCUT2D eigenvalue weighted by atomic mass is 9.96. The first kappa shape index (κ1) is 29.7. The molecule has 7 heteroatoms. The molecule has 0 aromatic heterocycles. The number of nitrogens with one attached hydrogen (secondary N) is 1. The van der Waals surface area contributed by atoms with Gasteiger partial charge in [-0.3, -0.25) is 0 Å². The third-order valence-corrected chi connectivity index (χ3v) is 6.31. The summed E-state index contributed by atoms with van der Waals surface area (Å²) in [6.45, 7) is 11.9. The summed E-state index contributed by atoms with van der Waals surface area (Å²) < 4.78 is 16.0. The van der Waals surface area contributed by atoms with Crippen LogP contribution in [-0.4, -0.2) is 63.6 Å². The first-order valence-electron chi connectivity index (χ1n) is 12.5. The van der Waals surface area contributed by atoms with Gasteiger partial charge in [0.2, 0.25) is 0 Å². The smallest absolute Gasteiger partial charge is 0.410 e. The predicted molar refractivity (Wildman–Crippen MR) is 136 cm³/mol. The van der Waals surface area contributed by atoms with Crippen molar-refractivity contribution in [2.75, 3.05) is 52.6 Å². The maximum atomic E-state index is 12.1. The number of rotatable bonds is 10. The molecule has 2 fully saturated rings. The summed E-state index contributed by atoms with van der Waals surface area (Å²) in [6.07, 6.45) is 6.91. The van der Waals surface area contributed by atoms with Crippen molar-refractivity contribution >= 4 is 18.5 Å². The Morgan fingerprint density at radius 3 is 2.09 bits per heavy atom. The second kappa shape index (κ2) is 19.0. The molecule has 0 spiro atoms. The monoisotopic (exact) mass is 484 g/mol. The number of hydrogen-bond acceptors (Lipinski definition) is 5. The standard InChI is InChI=1S/C17H25NO3.C9H19NO.ClH/c1-2-18(11-8-15-9-12-20-13-10-15)17(19)21-14-16-6-4-3-5-7-16;1-2-10-6-3-9-4-7-11-8-5-9;/h3-7,15H,2,8-14H2,1H3;9-10H,2-8H2,1H3;1H. The Bertz CT molecular complexity index is 593. The molecule has 1 aromatic carbocycles. The van der Waals surface area contributed by atoms with Crippen LogP contribution in [-0.2, 0) is 20.8 Å². The number of ether oxygens (including phenoxy) is 3. The van der Waals surface area contributed by atoms with E-state index in [1.165, 1.54) is 25.8 Å². The van der Waals surface area contributed by atoms with Gasteiger partial charge < -0.3 is 24.4 Å². The van der Waals surface area contributed by atoms with Gasteiger partial charge in [-0.25, -0.2) is 4.79 Å². The van der Waals surface area contributed by atoms with E-state index in [9.17, 15) is 4.79 Å². The van der Waals surface area contributed by atoms with Gasteiger partial charge >= 0.3 is 6.09 Å². The van der Waals surface area contributed by atoms with Crippen molar-refractivity contribution < 1.29 is 19.0 Å². The normalized spacial score (nSPS) is 16.8. The van der Waals surface area contributed by atoms with Crippen LogP contribution in [0.3, 0.4) is 0 Å². The topological polar surface area (TPSA) is 60.0 Å². The SMILES string of the molecule is CCN(CCC1CCOCC1)C(=O)OCc1ccccc1.CCNCCC1CCOCC1.Cl. The fourth-order valence-corrected chi connectivity index (χ4v) is 4.08. The third-order valence-electron chi connectivity index (χ3n) is 6.31. The molecule has 1 N–H and O–H groups in total. The minimum atomic E-state index is -0.214. The summed E-state index contributed by atoms with van der Waals surface area (Å²) in [5.74, 6) is 1.59. The van der Waals surface area contributed by atoms with E-state index in [2.05, 4.69) is 12.2 Å². The van der Waals surface area contributed by atoms with E-state index >= 15 is 0 Å². The fourth-order valence-electron chi connectivity index (χ4n) is 4.08. The Kier molecular flexibility index (Phi) is 17.1. The zero-order chi connectivity index (χ0) is 22.9. The van der Waals surface area contributed by atoms with Gasteiger partial charge in [0.05, 0.1) is 0 Å². The van der Waals surface area contributed by atoms with Gasteiger partial charge in [0.1, 0.15) is 6.61 Å². The predicted octanol–water partition coefficient (Wildman–Crippen LogP) is 5.30. The number of nitrogens with zero attached hydrogens (tertiary/aromatic N) is 1. The lowest BCUT2D eigenvalue weighted by Crippen LogP contribution is -2.33. The van der Waals surface area contributed by atoms with E-state index in [0.29, 0.717) is 19.1 Å². The Morgan fingerprint density at radius 2 is 1.55 bits per heavy atom. The van der Waals surface area contributed by atoms with Crippen molar-refractivity contribution in [3.63, 3.8) is 0 Å². The molecule has 2 aliphatic heterocycles. The van der Waals surface area contributed by atoms with E-state index in [0.717, 1.165) is 70.3 Å². The average Bonchev–Trinajstić information content (AvgIpc) is 2.86. The van der Waals surface area contributed by atoms with E-state index in [1.54, 1.807) is 4.90 Å². The van der Waals surface area contributed by atoms with Crippen LogP contribution in [0.5, 0.6) is 0 Å². The van der Waals surface area contributed by atoms with Gasteiger partial charge in [0.15, 0.2) is 0 Å². The van der Waals surface area contributed by atoms with E-state index in [4.69, 9.17) is 14.2 Å². The van der Waals surface area contributed by atoms with Crippen LogP contribution in [0.4, 0.5) is 4.79 Å². The first-order valence-corrected chi connectivity index (χ1v) is 12.5. The Balaban J connectivity index is 0.000000385. The highest BCUT2D eigenvalue weighted by Gasteiger charge is 2.18. The molecule has 3 rings (SSSR count). The van der Waals surface area contributed by atoms with Crippen LogP contribution < -0.4 is 5.32 Å². The first-order chi connectivity index (χ1) is 15.7. The maximum Gasteiger partial charge on any atom is 0.410 e. The molecule has 1 aromatic rings. The number of carbonyl (C=O) groups is 1. The summed E-state index contributed by atoms with van der Waals surface area (Å²) in [5, 5.41) is 3.35. The number of halogens is 1. The van der Waals surface area contributed by atoms with Crippen LogP contribution in [0.25, 0.3) is 0 Å². The summed E-state index contributed by atoms with van der Waals surface area (Å²) in [4.78, 5) is 13.9. The van der Waals surface area contributed by atoms with Gasteiger partial charge in [0.25, 0.3) is 0 Å². The molecular formula is C26H45ClN2O4. The van der Waals surface area contributed by atoms with Crippen LogP contribution in [0, 0.1) is 11.8 Å². The second-order valence-corrected chi connectivity index (χ2v) is 8.66. The zero-order valence-corrected chi connectivity index (χ0v) is 21.5. The maximum absolute atomic E-state index is 12.1. The van der Waals surface area contributed by atoms with Gasteiger partial charge in [0, 0.05) is 39.5 Å². The van der Waals surface area contributed by atoms with Crippen molar-refractivity contribution in [2.24, 2.45) is 11.8 Å². The molecule has 33 heavy (non-hydrogen) atoms. The molecule has 2 saturated heterocycles. The highest BCUT2D eigenvalue weighted by atomic mass is 35.5. The fraction of sp³-hybridized carbons (Fsp3) is 0.731. The molecule has 0 atom stereocenters. The van der Waals surface area contributed by atoms with Crippen LogP contribution in [0.15, 0.2) is 30.3 Å². The molecular weight excluding hydrogens is 440 g/mol. The second-order valence-electron chi connectivity index (χ2n) is 8.66. The van der Waals surface area contributed by atoms with Gasteiger partial charge in [-0.15, -0.1) is 12.4 Å². The van der Waals surface area contributed by atoms with Crippen LogP contribution in [0.1, 0.15) is 57.9 Å². The van der Waals surface area contributed by atoms with E-state index < -0.39 is 0 Å². The highest BCUT2D eigenvalue weighted by Crippen LogP contribution is 2.19. The van der Waals surface area contributed by atoms with E-state index in [-0.39, 0.29) is 18.5 Å². The molecule has 1 amide bonds. The Morgan fingerprint density at radius 1 is 0.970 bits per heavy atom. The molecule has 0 radical (unpaired) electrons. The molecule has 6 nitrogen and oxygen atoms in total. The summed E-state index contributed by atoms with van der Waals surface area (Å²) in [5.41, 5.74) is 1.02. The number of hydrogen-bond donors (Lipinski definition) is 1. The molecule has 2 heterocycles. The largest absolute Gasteiger partial charge is 0.445 e. The molecule has 0 saturated carbocycles. The molecule has 0 aliphatic carbocycles. The summed E-state index contributed by atoms with van der Waals surface area (Å²) >= 11 is 0. The number of carbonyl (C=O) groups excluding carboxylic acids is 1. The van der Waals surface area contributed by atoms with Crippen LogP contribution >= 0.6 is 12.4 Å². The summed E-state index contributed by atoms with van der Waals surface area (Å²) in [6, 6.07) is 9.78. The van der Waals surface area contributed by atoms with Gasteiger partial charge in [-0.1, -0.05) is 37.3 Å². The van der Waals surface area contributed by atoms with Crippen LogP contribution in [0.2, 0.25) is 0 Å². The molecule has 190 valence electrons. The van der Waals surface area contributed by atoms with Crippen molar-refractivity contribution in [3.8, 4) is 0 Å². The highest BCUT2D eigenvalue weighted by molar-refractivity contribution is 5.85. The van der Waals surface area contributed by atoms with Gasteiger partial charge in [-0.05, 0) is 75.9 Å². The minimum absolute atomic E-state index is 0. The molecule has 0 bridgehead atoms. The number of amides is 1. The van der Waals surface area contributed by atoms with Crippen molar-refractivity contribution in [1.82, 2.24) is 10.2 Å². The van der Waals surface area contributed by atoms with Crippen molar-refractivity contribution in [3.05, 3.63) is 35.9 Å². The Hall–Kier alpha value is -1.34. The quantitative estimate of drug-likeness (QED) is 0.457. The average molecular weight is 485 g/mol. The minimum Gasteiger partial charge on any atom is -0.445 e. The molecule has 0 unspecified atom stereocenters. The lowest BCUT2D eigenvalue weighted by Gasteiger charge is -2.26. The Labute approximate surface area is 207 Å². The van der Waals surface area contributed by atoms with Crippen molar-refractivity contribution in [1.29, 1.82) is 0 Å². The third kappa shape index (κ3) is 13.2. The number of benzene rings is 1. The van der Waals surface area contributed by atoms with Gasteiger partial charge in [-0.2, -0.15) is 0 Å². The van der Waals surface area contributed by atoms with E-state index in [1.807, 2.05) is 37.3 Å². The lowest BCUT2D eigenvalue weighted by molar-refractivity contribution is 0.0573. The zero-order valence-electron chi connectivity index (χ0n) is 20.6. The van der Waals surface area contributed by atoms with Crippen molar-refractivity contribution in [2.45, 2.75) is 59.0 Å². The summed E-state index contributed by atoms with van der Waals surface area (Å²) in [7, 11) is 0. The molecule has 2 aliphatic rings.